The van der Waals surface area contributed by atoms with Gasteiger partial charge in [-0.05, 0) is 96.3 Å². The fraction of sp³-hybridized carbons (Fsp3) is 0.683. The predicted octanol–water partition coefficient (Wildman–Crippen LogP) is 14.4. The van der Waals surface area contributed by atoms with Crippen molar-refractivity contribution in [1.82, 2.24) is 0 Å². The van der Waals surface area contributed by atoms with Gasteiger partial charge in [-0.3, -0.25) is 9.59 Å². The maximum Gasteiger partial charge on any atom is 0.306 e. The quantitative estimate of drug-likeness (QED) is 0.0195. The Morgan fingerprint density at radius 3 is 1.25 bits per heavy atom. The van der Waals surface area contributed by atoms with E-state index in [2.05, 4.69) is 111 Å². The van der Waals surface area contributed by atoms with Crippen molar-refractivity contribution >= 4 is 17.9 Å². The number of nitrogens with zero attached hydrogens (tertiary/aromatic N) is 1. The lowest BCUT2D eigenvalue weighted by molar-refractivity contribution is -0.870. The van der Waals surface area contributed by atoms with E-state index in [9.17, 15) is 19.5 Å². The number of quaternary nitrogens is 1. The van der Waals surface area contributed by atoms with E-state index >= 15 is 0 Å². The van der Waals surface area contributed by atoms with Gasteiger partial charge in [-0.15, -0.1) is 0 Å². The molecule has 0 aliphatic heterocycles. The smallest absolute Gasteiger partial charge is 0.306 e. The van der Waals surface area contributed by atoms with Crippen LogP contribution in [0.4, 0.5) is 0 Å². The summed E-state index contributed by atoms with van der Waals surface area (Å²) in [7, 11) is 5.90. The average molecular weight is 964 g/mol. The van der Waals surface area contributed by atoms with Crippen LogP contribution in [-0.2, 0) is 33.3 Å². The van der Waals surface area contributed by atoms with Crippen LogP contribution in [0.5, 0.6) is 0 Å². The zero-order valence-electron chi connectivity index (χ0n) is 44.6. The van der Waals surface area contributed by atoms with Crippen molar-refractivity contribution in [3.05, 3.63) is 97.2 Å². The number of ether oxygens (including phenoxy) is 4. The highest BCUT2D eigenvalue weighted by molar-refractivity contribution is 5.70. The van der Waals surface area contributed by atoms with Gasteiger partial charge in [-0.25, -0.2) is 0 Å². The number of allylic oxidation sites excluding steroid dienone is 16. The highest BCUT2D eigenvalue weighted by atomic mass is 16.7. The van der Waals surface area contributed by atoms with Crippen molar-refractivity contribution in [2.45, 2.75) is 219 Å². The number of rotatable bonds is 49. The third kappa shape index (κ3) is 51.9. The second-order valence-corrected chi connectivity index (χ2v) is 19.1. The number of unbranched alkanes of at least 4 members (excludes halogenated alkanes) is 18. The number of carbonyl (C=O) groups is 3. The molecule has 2 atom stereocenters. The number of hydrogen-bond donors (Lipinski definition) is 0. The Labute approximate surface area is 422 Å². The molecule has 0 aliphatic carbocycles. The van der Waals surface area contributed by atoms with Gasteiger partial charge in [0, 0.05) is 12.8 Å². The summed E-state index contributed by atoms with van der Waals surface area (Å²) >= 11 is 0. The summed E-state index contributed by atoms with van der Waals surface area (Å²) in [5.74, 6) is -2.32. The van der Waals surface area contributed by atoms with Gasteiger partial charge in [0.25, 0.3) is 0 Å². The number of carboxylic acids is 1. The molecule has 0 saturated carbocycles. The van der Waals surface area contributed by atoms with Gasteiger partial charge in [0.1, 0.15) is 13.2 Å². The van der Waals surface area contributed by atoms with Gasteiger partial charge in [-0.2, -0.15) is 0 Å². The molecular weight excluding hydrogens is 863 g/mol. The van der Waals surface area contributed by atoms with E-state index in [1.807, 2.05) is 21.1 Å². The molecule has 0 heterocycles. The molecule has 0 amide bonds. The number of carboxylic acid groups (broad SMARTS) is 1. The molecule has 0 saturated heterocycles. The number of hydrogen-bond acceptors (Lipinski definition) is 8. The summed E-state index contributed by atoms with van der Waals surface area (Å²) in [6, 6.07) is 0. The van der Waals surface area contributed by atoms with Gasteiger partial charge < -0.3 is 33.3 Å². The van der Waals surface area contributed by atoms with Gasteiger partial charge in [0.15, 0.2) is 12.4 Å². The van der Waals surface area contributed by atoms with Crippen molar-refractivity contribution in [2.75, 3.05) is 47.5 Å². The fourth-order valence-electron chi connectivity index (χ4n) is 7.10. The SMILES string of the molecule is CC/C=C\C/C=C\C/C=C\C/C=C\C/C=C\C/C=C\C/C=C\CCCCCCCC(=O)OC(COC(=O)CCCCCCCCC/C=C\CCCCCCCC)COC(OCC[N+](C)(C)C)C(=O)[O-]. The van der Waals surface area contributed by atoms with Crippen LogP contribution < -0.4 is 5.11 Å². The van der Waals surface area contributed by atoms with E-state index in [0.29, 0.717) is 17.4 Å². The second-order valence-electron chi connectivity index (χ2n) is 19.1. The molecule has 0 spiro atoms. The Bertz CT molecular complexity index is 1450. The van der Waals surface area contributed by atoms with E-state index < -0.39 is 24.3 Å². The summed E-state index contributed by atoms with van der Waals surface area (Å²) in [4.78, 5) is 37.2. The Balaban J connectivity index is 4.37. The normalized spacial score (nSPS) is 13.6. The van der Waals surface area contributed by atoms with E-state index in [4.69, 9.17) is 18.9 Å². The first-order chi connectivity index (χ1) is 33.6. The van der Waals surface area contributed by atoms with E-state index in [0.717, 1.165) is 109 Å². The van der Waals surface area contributed by atoms with Crippen molar-refractivity contribution < 1.29 is 42.9 Å². The second kappa shape index (κ2) is 50.6. The van der Waals surface area contributed by atoms with E-state index in [1.165, 1.54) is 64.2 Å². The Hall–Kier alpha value is -3.79. The van der Waals surface area contributed by atoms with E-state index in [-0.39, 0.29) is 38.6 Å². The van der Waals surface area contributed by atoms with Gasteiger partial charge in [0.2, 0.25) is 0 Å². The summed E-state index contributed by atoms with van der Waals surface area (Å²) in [6.45, 7) is 4.59. The minimum absolute atomic E-state index is 0.138. The lowest BCUT2D eigenvalue weighted by atomic mass is 10.1. The van der Waals surface area contributed by atoms with Crippen molar-refractivity contribution in [1.29, 1.82) is 0 Å². The standard InChI is InChI=1S/C60H101NO8/c1-6-8-10-12-14-16-18-20-22-24-25-26-27-28-29-30-31-32-33-35-37-39-41-43-45-47-49-51-58(63)69-56(55-68-60(59(64)65)66-53-52-61(3,4)5)54-67-57(62)50-48-46-44-42-40-38-36-34-23-21-19-17-15-13-11-9-7-2/h8,10,14,16,20-23,25-26,28-29,31-32,35,37,56,60H,6-7,9,11-13,15,17-19,24,27,30,33-34,36,38-55H2,1-5H3/b10-8-,16-14-,22-20-,23-21-,26-25-,29-28-,32-31-,37-35-. The molecule has 0 fully saturated rings. The molecular formula is C60H101NO8. The lowest BCUT2D eigenvalue weighted by Gasteiger charge is -2.26. The average Bonchev–Trinajstić information content (AvgIpc) is 3.31. The molecule has 0 aliphatic rings. The van der Waals surface area contributed by atoms with Crippen LogP contribution in [0.2, 0.25) is 0 Å². The van der Waals surface area contributed by atoms with Crippen LogP contribution in [-0.4, -0.2) is 82.3 Å². The largest absolute Gasteiger partial charge is 0.545 e. The molecule has 2 unspecified atom stereocenters. The highest BCUT2D eigenvalue weighted by Crippen LogP contribution is 2.14. The zero-order chi connectivity index (χ0) is 50.6. The maximum absolute atomic E-state index is 12.8. The lowest BCUT2D eigenvalue weighted by Crippen LogP contribution is -2.44. The van der Waals surface area contributed by atoms with Crippen molar-refractivity contribution in [3.8, 4) is 0 Å². The molecule has 0 aromatic carbocycles. The molecule has 0 aromatic heterocycles. The monoisotopic (exact) mass is 964 g/mol. The molecule has 69 heavy (non-hydrogen) atoms. The number of likely N-dealkylation sites (N-methyl/N-ethyl adjacent to an activating group) is 1. The Kier molecular flexibility index (Phi) is 47.8. The maximum atomic E-state index is 12.8. The van der Waals surface area contributed by atoms with E-state index in [1.54, 1.807) is 0 Å². The Morgan fingerprint density at radius 2 is 0.826 bits per heavy atom. The molecule has 0 radical (unpaired) electrons. The molecule has 0 N–H and O–H groups in total. The van der Waals surface area contributed by atoms with Gasteiger partial charge >= 0.3 is 11.9 Å². The van der Waals surface area contributed by atoms with Crippen LogP contribution >= 0.6 is 0 Å². The van der Waals surface area contributed by atoms with Crippen LogP contribution in [0.1, 0.15) is 206 Å². The molecule has 0 aromatic rings. The molecule has 0 rings (SSSR count). The minimum Gasteiger partial charge on any atom is -0.545 e. The highest BCUT2D eigenvalue weighted by Gasteiger charge is 2.22. The summed E-state index contributed by atoms with van der Waals surface area (Å²) in [5.41, 5.74) is 0. The van der Waals surface area contributed by atoms with Crippen LogP contribution in [0.3, 0.4) is 0 Å². The topological polar surface area (TPSA) is 111 Å². The number of carbonyl (C=O) groups excluding carboxylic acids is 3. The minimum atomic E-state index is -1.63. The molecule has 394 valence electrons. The fourth-order valence-corrected chi connectivity index (χ4v) is 7.10. The van der Waals surface area contributed by atoms with Crippen molar-refractivity contribution in [3.63, 3.8) is 0 Å². The first kappa shape index (κ1) is 65.2. The van der Waals surface area contributed by atoms with Crippen LogP contribution in [0.25, 0.3) is 0 Å². The number of esters is 2. The van der Waals surface area contributed by atoms with Crippen LogP contribution in [0, 0.1) is 0 Å². The zero-order valence-corrected chi connectivity index (χ0v) is 44.6. The first-order valence-electron chi connectivity index (χ1n) is 27.4. The third-order valence-electron chi connectivity index (χ3n) is 11.3. The Morgan fingerprint density at radius 1 is 0.449 bits per heavy atom. The van der Waals surface area contributed by atoms with Gasteiger partial charge in [0.05, 0.1) is 40.3 Å². The molecule has 0 bridgehead atoms. The third-order valence-corrected chi connectivity index (χ3v) is 11.3. The predicted molar refractivity (Wildman–Crippen MR) is 287 cm³/mol. The summed E-state index contributed by atoms with van der Waals surface area (Å²) in [6.07, 6.45) is 64.4. The summed E-state index contributed by atoms with van der Waals surface area (Å²) < 4.78 is 22.6. The van der Waals surface area contributed by atoms with Gasteiger partial charge in [-0.1, -0.05) is 195 Å². The molecule has 9 heteroatoms. The summed E-state index contributed by atoms with van der Waals surface area (Å²) in [5, 5.41) is 11.8. The molecule has 9 nitrogen and oxygen atoms in total. The van der Waals surface area contributed by atoms with Crippen LogP contribution in [0.15, 0.2) is 97.2 Å². The number of aliphatic carboxylic acids is 1. The first-order valence-corrected chi connectivity index (χ1v) is 27.4. The van der Waals surface area contributed by atoms with Crippen molar-refractivity contribution in [2.24, 2.45) is 0 Å².